The Morgan fingerprint density at radius 3 is 2.83 bits per heavy atom. The van der Waals surface area contributed by atoms with E-state index in [2.05, 4.69) is 10.3 Å². The molecule has 0 bridgehead atoms. The summed E-state index contributed by atoms with van der Waals surface area (Å²) in [6, 6.07) is 3.06. The van der Waals surface area contributed by atoms with Gasteiger partial charge in [-0.2, -0.15) is 0 Å². The van der Waals surface area contributed by atoms with Crippen molar-refractivity contribution in [1.29, 1.82) is 0 Å². The molecule has 6 nitrogen and oxygen atoms in total. The lowest BCUT2D eigenvalue weighted by molar-refractivity contribution is -0.132. The van der Waals surface area contributed by atoms with E-state index >= 15 is 0 Å². The summed E-state index contributed by atoms with van der Waals surface area (Å²) in [5.74, 6) is -0.0400. The zero-order valence-corrected chi connectivity index (χ0v) is 10.1. The number of pyridine rings is 1. The number of hydrogen-bond acceptors (Lipinski definition) is 5. The van der Waals surface area contributed by atoms with Crippen LogP contribution in [0.5, 0.6) is 0 Å². The van der Waals surface area contributed by atoms with Gasteiger partial charge in [-0.05, 0) is 18.1 Å². The summed E-state index contributed by atoms with van der Waals surface area (Å²) in [6.07, 6.45) is 2.14. The predicted octanol–water partition coefficient (Wildman–Crippen LogP) is -0.185. The smallest absolute Gasteiger partial charge is 0.249 e. The Morgan fingerprint density at radius 2 is 2.28 bits per heavy atom. The van der Waals surface area contributed by atoms with E-state index in [9.17, 15) is 9.59 Å². The van der Waals surface area contributed by atoms with Crippen molar-refractivity contribution in [2.75, 3.05) is 11.4 Å². The van der Waals surface area contributed by atoms with Crippen molar-refractivity contribution < 1.29 is 14.7 Å². The van der Waals surface area contributed by atoms with Gasteiger partial charge >= 0.3 is 0 Å². The van der Waals surface area contributed by atoms with E-state index in [4.69, 9.17) is 5.11 Å². The molecule has 0 spiro atoms. The second-order valence-corrected chi connectivity index (χ2v) is 4.15. The second kappa shape index (κ2) is 5.14. The topological polar surface area (TPSA) is 82.5 Å². The fourth-order valence-electron chi connectivity index (χ4n) is 1.99. The fourth-order valence-corrected chi connectivity index (χ4v) is 1.99. The molecule has 2 heterocycles. The molecule has 6 heteroatoms. The molecule has 1 saturated heterocycles. The number of aromatic nitrogens is 1. The number of aliphatic hydroxyl groups is 1. The van der Waals surface area contributed by atoms with Crippen molar-refractivity contribution in [1.82, 2.24) is 10.3 Å². The molecular formula is C12H15N3O3. The molecule has 96 valence electrons. The van der Waals surface area contributed by atoms with E-state index in [1.807, 2.05) is 6.92 Å². The van der Waals surface area contributed by atoms with Gasteiger partial charge in [0.15, 0.2) is 0 Å². The monoisotopic (exact) mass is 249 g/mol. The molecule has 1 aliphatic rings. The van der Waals surface area contributed by atoms with Crippen LogP contribution in [0.1, 0.15) is 18.9 Å². The molecule has 2 amide bonds. The highest BCUT2D eigenvalue weighted by Gasteiger charge is 2.32. The lowest BCUT2D eigenvalue weighted by Crippen LogP contribution is -2.58. The molecular weight excluding hydrogens is 234 g/mol. The van der Waals surface area contributed by atoms with Crippen LogP contribution < -0.4 is 10.2 Å². The Bertz CT molecular complexity index is 458. The number of nitrogens with zero attached hydrogens (tertiary/aromatic N) is 2. The van der Waals surface area contributed by atoms with Crippen LogP contribution in [-0.4, -0.2) is 34.5 Å². The van der Waals surface area contributed by atoms with E-state index in [0.717, 1.165) is 0 Å². The van der Waals surface area contributed by atoms with Crippen LogP contribution in [0, 0.1) is 0 Å². The number of piperazine rings is 1. The number of anilines is 1. The summed E-state index contributed by atoms with van der Waals surface area (Å²) < 4.78 is 0. The van der Waals surface area contributed by atoms with Crippen molar-refractivity contribution in [3.05, 3.63) is 23.9 Å². The third-order valence-corrected chi connectivity index (χ3v) is 2.93. The van der Waals surface area contributed by atoms with Gasteiger partial charge in [-0.15, -0.1) is 0 Å². The average molecular weight is 249 g/mol. The van der Waals surface area contributed by atoms with Crippen molar-refractivity contribution in [3.63, 3.8) is 0 Å². The molecule has 18 heavy (non-hydrogen) atoms. The van der Waals surface area contributed by atoms with E-state index in [1.165, 1.54) is 0 Å². The molecule has 1 aromatic heterocycles. The van der Waals surface area contributed by atoms with Gasteiger partial charge in [-0.25, -0.2) is 4.98 Å². The maximum atomic E-state index is 11.7. The molecule has 1 unspecified atom stereocenters. The Hall–Kier alpha value is -1.95. The first kappa shape index (κ1) is 12.5. The van der Waals surface area contributed by atoms with E-state index in [-0.39, 0.29) is 31.0 Å². The molecule has 0 aromatic carbocycles. The van der Waals surface area contributed by atoms with Crippen LogP contribution in [-0.2, 0) is 16.2 Å². The molecule has 0 saturated carbocycles. The van der Waals surface area contributed by atoms with Gasteiger partial charge in [0.2, 0.25) is 11.8 Å². The molecule has 1 aliphatic heterocycles. The SMILES string of the molecule is CCC1C(=O)NC(=O)CN1c1ccc(CO)cn1. The van der Waals surface area contributed by atoms with Crippen LogP contribution in [0.3, 0.4) is 0 Å². The molecule has 0 aliphatic carbocycles. The van der Waals surface area contributed by atoms with Crippen LogP contribution >= 0.6 is 0 Å². The first-order valence-electron chi connectivity index (χ1n) is 5.81. The minimum Gasteiger partial charge on any atom is -0.392 e. The lowest BCUT2D eigenvalue weighted by atomic mass is 10.1. The number of hydrogen-bond donors (Lipinski definition) is 2. The summed E-state index contributed by atoms with van der Waals surface area (Å²) in [6.45, 7) is 1.93. The Balaban J connectivity index is 2.27. The first-order chi connectivity index (χ1) is 8.65. The Kier molecular flexibility index (Phi) is 3.57. The number of rotatable bonds is 3. The Morgan fingerprint density at radius 1 is 1.50 bits per heavy atom. The van der Waals surface area contributed by atoms with Crippen LogP contribution in [0.25, 0.3) is 0 Å². The highest BCUT2D eigenvalue weighted by molar-refractivity contribution is 6.04. The predicted molar refractivity (Wildman–Crippen MR) is 64.7 cm³/mol. The largest absolute Gasteiger partial charge is 0.392 e. The number of imide groups is 1. The lowest BCUT2D eigenvalue weighted by Gasteiger charge is -2.34. The molecule has 1 atom stereocenters. The number of nitrogens with one attached hydrogen (secondary N) is 1. The van der Waals surface area contributed by atoms with Crippen LogP contribution in [0.4, 0.5) is 5.82 Å². The van der Waals surface area contributed by atoms with Gasteiger partial charge in [-0.3, -0.25) is 14.9 Å². The quantitative estimate of drug-likeness (QED) is 0.726. The normalized spacial score (nSPS) is 19.9. The summed E-state index contributed by atoms with van der Waals surface area (Å²) in [7, 11) is 0. The zero-order valence-electron chi connectivity index (χ0n) is 10.1. The van der Waals surface area contributed by atoms with Gasteiger partial charge in [0, 0.05) is 6.20 Å². The molecule has 1 fully saturated rings. The molecule has 2 rings (SSSR count). The van der Waals surface area contributed by atoms with E-state index < -0.39 is 0 Å². The van der Waals surface area contributed by atoms with Gasteiger partial charge in [0.1, 0.15) is 11.9 Å². The van der Waals surface area contributed by atoms with Crippen molar-refractivity contribution in [2.45, 2.75) is 26.0 Å². The van der Waals surface area contributed by atoms with Crippen molar-refractivity contribution in [2.24, 2.45) is 0 Å². The van der Waals surface area contributed by atoms with E-state index in [0.29, 0.717) is 17.8 Å². The summed E-state index contributed by atoms with van der Waals surface area (Å²) in [4.78, 5) is 29.0. The Labute approximate surface area is 105 Å². The highest BCUT2D eigenvalue weighted by atomic mass is 16.3. The standard InChI is InChI=1S/C12H15N3O3/c1-2-9-12(18)14-11(17)6-15(9)10-4-3-8(7-16)5-13-10/h3-5,9,16H,2,6-7H2,1H3,(H,14,17,18). The van der Waals surface area contributed by atoms with Gasteiger partial charge < -0.3 is 10.0 Å². The average Bonchev–Trinajstić information content (AvgIpc) is 2.38. The summed E-state index contributed by atoms with van der Waals surface area (Å²) in [5.41, 5.74) is 0.694. The number of aliphatic hydroxyl groups excluding tert-OH is 1. The minimum atomic E-state index is -0.379. The first-order valence-corrected chi connectivity index (χ1v) is 5.81. The molecule has 0 radical (unpaired) electrons. The number of amides is 2. The van der Waals surface area contributed by atoms with Gasteiger partial charge in [-0.1, -0.05) is 13.0 Å². The maximum absolute atomic E-state index is 11.7. The number of carbonyl (C=O) groups is 2. The molecule has 2 N–H and O–H groups in total. The van der Waals surface area contributed by atoms with Crippen molar-refractivity contribution >= 4 is 17.6 Å². The zero-order chi connectivity index (χ0) is 13.1. The minimum absolute atomic E-state index is 0.0795. The van der Waals surface area contributed by atoms with Crippen molar-refractivity contribution in [3.8, 4) is 0 Å². The van der Waals surface area contributed by atoms with Crippen LogP contribution in [0.2, 0.25) is 0 Å². The third-order valence-electron chi connectivity index (χ3n) is 2.93. The van der Waals surface area contributed by atoms with E-state index in [1.54, 1.807) is 23.2 Å². The van der Waals surface area contributed by atoms with Gasteiger partial charge in [0.25, 0.3) is 0 Å². The molecule has 1 aromatic rings. The third kappa shape index (κ3) is 2.33. The second-order valence-electron chi connectivity index (χ2n) is 4.15. The summed E-state index contributed by atoms with van der Waals surface area (Å²) in [5, 5.41) is 11.3. The number of carbonyl (C=O) groups excluding carboxylic acids is 2. The van der Waals surface area contributed by atoms with Gasteiger partial charge in [0.05, 0.1) is 13.2 Å². The fraction of sp³-hybridized carbons (Fsp3) is 0.417. The van der Waals surface area contributed by atoms with Crippen LogP contribution in [0.15, 0.2) is 18.3 Å². The highest BCUT2D eigenvalue weighted by Crippen LogP contribution is 2.18. The maximum Gasteiger partial charge on any atom is 0.249 e. The summed E-state index contributed by atoms with van der Waals surface area (Å²) >= 11 is 0.